The second-order valence-corrected chi connectivity index (χ2v) is 14.0. The first kappa shape index (κ1) is 33.3. The molecule has 1 aromatic heterocycles. The molecule has 2 aliphatic rings. The number of aliphatic carboxylic acids is 2. The lowest BCUT2D eigenvalue weighted by atomic mass is 10.1. The van der Waals surface area contributed by atoms with E-state index in [0.717, 1.165) is 47.0 Å². The van der Waals surface area contributed by atoms with Gasteiger partial charge < -0.3 is 46.5 Å². The van der Waals surface area contributed by atoms with Crippen LogP contribution in [-0.2, 0) is 28.8 Å². The molecule has 2 unspecified atom stereocenters. The van der Waals surface area contributed by atoms with Crippen LogP contribution in [0.1, 0.15) is 25.1 Å². The Morgan fingerprint density at radius 2 is 1.96 bits per heavy atom. The smallest absolute Gasteiger partial charge is 0.350 e. The van der Waals surface area contributed by atoms with E-state index in [1.807, 2.05) is 0 Å². The number of amides is 3. The minimum Gasteiger partial charge on any atom is -0.504 e. The van der Waals surface area contributed by atoms with Crippen molar-refractivity contribution in [2.24, 2.45) is 5.16 Å². The van der Waals surface area contributed by atoms with E-state index in [9.17, 15) is 44.4 Å². The zero-order valence-corrected chi connectivity index (χ0v) is 25.9. The van der Waals surface area contributed by atoms with Gasteiger partial charge in [-0.05, 0) is 32.0 Å². The molecule has 240 valence electrons. The highest BCUT2D eigenvalue weighted by Crippen LogP contribution is 2.52. The van der Waals surface area contributed by atoms with Gasteiger partial charge in [0.1, 0.15) is 22.8 Å². The Morgan fingerprint density at radius 1 is 1.24 bits per heavy atom. The predicted molar refractivity (Wildman–Crippen MR) is 163 cm³/mol. The number of carboxylic acid groups (broad SMARTS) is 2. The molecule has 3 amide bonds. The molecule has 9 N–H and O–H groups in total. The minimum absolute atomic E-state index is 0.0216. The second-order valence-electron chi connectivity index (χ2n) is 10.1. The first-order valence-electron chi connectivity index (χ1n) is 12.8. The number of carbonyl (C=O) groups is 5. The van der Waals surface area contributed by atoms with Gasteiger partial charge in [-0.25, -0.2) is 14.6 Å². The number of thiazole rings is 1. The van der Waals surface area contributed by atoms with E-state index in [0.29, 0.717) is 0 Å². The maximum absolute atomic E-state index is 13.2. The fourth-order valence-electron chi connectivity index (χ4n) is 3.96. The fourth-order valence-corrected chi connectivity index (χ4v) is 7.54. The largest absolute Gasteiger partial charge is 0.504 e. The third-order valence-corrected chi connectivity index (χ3v) is 10.5. The molecule has 0 bridgehead atoms. The van der Waals surface area contributed by atoms with Crippen molar-refractivity contribution in [1.82, 2.24) is 20.5 Å². The van der Waals surface area contributed by atoms with Crippen LogP contribution in [-0.4, -0.2) is 111 Å². The van der Waals surface area contributed by atoms with Crippen molar-refractivity contribution in [3.05, 3.63) is 34.8 Å². The van der Waals surface area contributed by atoms with Crippen LogP contribution in [0.3, 0.4) is 0 Å². The lowest BCUT2D eigenvalue weighted by Crippen LogP contribution is -2.68. The summed E-state index contributed by atoms with van der Waals surface area (Å²) in [4.78, 5) is 72.7. The van der Waals surface area contributed by atoms with Crippen LogP contribution in [0.5, 0.6) is 11.5 Å². The number of thioether (sulfide) groups is 2. The number of hydrogen-bond acceptors (Lipinski definition) is 15. The molecule has 2 saturated heterocycles. The second kappa shape index (κ2) is 12.8. The quantitative estimate of drug-likeness (QED) is 0.0448. The first-order chi connectivity index (χ1) is 21.1. The Bertz CT molecular complexity index is 1610. The summed E-state index contributed by atoms with van der Waals surface area (Å²) in [7, 11) is 0. The summed E-state index contributed by atoms with van der Waals surface area (Å²) < 4.78 is -1.53. The number of nitrogen functional groups attached to an aromatic ring is 1. The van der Waals surface area contributed by atoms with Crippen LogP contribution < -0.4 is 16.4 Å². The highest BCUT2D eigenvalue weighted by atomic mass is 32.2. The molecular formula is C25H27N7O10S3. The SMILES string of the molecule is CC(C)(O/N=C(\C(=O)NC1C(=O)N2CC(SCCNC(=O)C(=N)c3ccc(O)c(O)c3)(C(=O)O)S[C@H]12)c1csc(N)n1)C(=O)O. The zero-order valence-electron chi connectivity index (χ0n) is 23.5. The number of phenolic OH excluding ortho intramolecular Hbond substituents is 2. The minimum atomic E-state index is -1.80. The molecule has 3 atom stereocenters. The summed E-state index contributed by atoms with van der Waals surface area (Å²) >= 11 is 2.88. The van der Waals surface area contributed by atoms with Crippen LogP contribution in [0.4, 0.5) is 5.13 Å². The van der Waals surface area contributed by atoms with E-state index < -0.39 is 73.7 Å². The Morgan fingerprint density at radius 3 is 2.56 bits per heavy atom. The fraction of sp³-hybridized carbons (Fsp3) is 0.360. The summed E-state index contributed by atoms with van der Waals surface area (Å²) in [6.07, 6.45) is 0. The number of phenols is 2. The lowest BCUT2D eigenvalue weighted by Gasteiger charge is -2.41. The third kappa shape index (κ3) is 6.91. The van der Waals surface area contributed by atoms with E-state index in [1.54, 1.807) is 0 Å². The number of nitrogens with one attached hydrogen (secondary N) is 3. The number of oxime groups is 1. The normalized spacial score (nSPS) is 21.0. The Balaban J connectivity index is 1.38. The average Bonchev–Trinajstić information content (AvgIpc) is 3.57. The Labute approximate surface area is 266 Å². The number of nitrogens with zero attached hydrogens (tertiary/aromatic N) is 3. The predicted octanol–water partition coefficient (Wildman–Crippen LogP) is -0.181. The average molecular weight is 682 g/mol. The molecule has 2 aromatic rings. The maximum atomic E-state index is 13.2. The summed E-state index contributed by atoms with van der Waals surface area (Å²) in [5.74, 6) is -5.66. The highest BCUT2D eigenvalue weighted by molar-refractivity contribution is 8.20. The Hall–Kier alpha value is -4.56. The molecule has 45 heavy (non-hydrogen) atoms. The van der Waals surface area contributed by atoms with Crippen molar-refractivity contribution in [1.29, 1.82) is 5.41 Å². The molecular weight excluding hydrogens is 655 g/mol. The number of carboxylic acids is 2. The van der Waals surface area contributed by atoms with Crippen LogP contribution >= 0.6 is 34.9 Å². The molecule has 0 radical (unpaired) electrons. The topological polar surface area (TPSA) is 278 Å². The number of rotatable bonds is 13. The molecule has 3 heterocycles. The van der Waals surface area contributed by atoms with E-state index in [-0.39, 0.29) is 35.2 Å². The van der Waals surface area contributed by atoms with Crippen LogP contribution in [0.25, 0.3) is 0 Å². The highest BCUT2D eigenvalue weighted by Gasteiger charge is 2.62. The molecule has 17 nitrogen and oxygen atoms in total. The number of hydrogen-bond donors (Lipinski definition) is 8. The van der Waals surface area contributed by atoms with Gasteiger partial charge in [-0.15, -0.1) is 34.9 Å². The van der Waals surface area contributed by atoms with Crippen LogP contribution in [0.2, 0.25) is 0 Å². The number of aromatic hydroxyl groups is 2. The molecule has 1 aromatic carbocycles. The number of carbonyl (C=O) groups excluding carboxylic acids is 3. The van der Waals surface area contributed by atoms with Crippen molar-refractivity contribution in [3.8, 4) is 11.5 Å². The number of fused-ring (bicyclic) bond motifs is 1. The summed E-state index contributed by atoms with van der Waals surface area (Å²) in [5, 5.41) is 55.8. The summed E-state index contributed by atoms with van der Waals surface area (Å²) in [6.45, 7) is 2.20. The zero-order chi connectivity index (χ0) is 33.3. The van der Waals surface area contributed by atoms with Gasteiger partial charge in [0, 0.05) is 23.2 Å². The molecule has 0 aliphatic carbocycles. The molecule has 20 heteroatoms. The first-order valence-corrected chi connectivity index (χ1v) is 15.6. The van der Waals surface area contributed by atoms with Crippen molar-refractivity contribution in [2.75, 3.05) is 24.6 Å². The van der Waals surface area contributed by atoms with E-state index in [2.05, 4.69) is 20.8 Å². The van der Waals surface area contributed by atoms with Gasteiger partial charge >= 0.3 is 11.9 Å². The molecule has 2 fully saturated rings. The standard InChI is InChI=1S/C25H27N7O10S3/c1-24(2,21(38)39)42-31-15(11-8-43-23(27)29-11)18(36)30-16-19(37)32-9-25(22(40)41,45-20(16)32)44-6-5-28-17(35)14(26)10-3-4-12(33)13(34)7-10/h3-4,7-8,16,20,26,33-34H,5-6,9H2,1-2H3,(H2,27,29)(H,28,35)(H,30,36)(H,38,39)(H,40,41)/b26-14?,31-15-/t16?,20-,25?/m1/s1. The van der Waals surface area contributed by atoms with Gasteiger partial charge in [0.05, 0.1) is 6.54 Å². The van der Waals surface area contributed by atoms with Gasteiger partial charge in [-0.3, -0.25) is 19.8 Å². The van der Waals surface area contributed by atoms with E-state index in [4.69, 9.17) is 16.0 Å². The van der Waals surface area contributed by atoms with Gasteiger partial charge in [0.2, 0.25) is 11.5 Å². The number of benzene rings is 1. The molecule has 4 rings (SSSR count). The van der Waals surface area contributed by atoms with E-state index >= 15 is 0 Å². The van der Waals surface area contributed by atoms with Crippen molar-refractivity contribution in [3.63, 3.8) is 0 Å². The monoisotopic (exact) mass is 681 g/mol. The molecule has 0 spiro atoms. The number of anilines is 1. The van der Waals surface area contributed by atoms with Crippen molar-refractivity contribution < 1.29 is 49.2 Å². The summed E-state index contributed by atoms with van der Waals surface area (Å²) in [5.41, 5.74) is 2.99. The molecule has 0 saturated carbocycles. The third-order valence-electron chi connectivity index (χ3n) is 6.52. The van der Waals surface area contributed by atoms with Crippen LogP contribution in [0.15, 0.2) is 28.7 Å². The van der Waals surface area contributed by atoms with Crippen molar-refractivity contribution >= 4 is 81.1 Å². The summed E-state index contributed by atoms with van der Waals surface area (Å²) in [6, 6.07) is 2.33. The van der Waals surface area contributed by atoms with Crippen molar-refractivity contribution in [2.45, 2.75) is 34.9 Å². The van der Waals surface area contributed by atoms with Gasteiger partial charge in [-0.2, -0.15) is 0 Å². The van der Waals surface area contributed by atoms with E-state index in [1.165, 1.54) is 30.2 Å². The van der Waals surface area contributed by atoms with Crippen LogP contribution in [0, 0.1) is 5.41 Å². The number of β-lactam (4-membered cyclic amide) rings is 1. The Kier molecular flexibility index (Phi) is 9.49. The number of aromatic nitrogens is 1. The van der Waals surface area contributed by atoms with Gasteiger partial charge in [-0.1, -0.05) is 5.16 Å². The molecule has 2 aliphatic heterocycles. The number of nitrogens with two attached hydrogens (primary N) is 1. The van der Waals surface area contributed by atoms with Gasteiger partial charge in [0.25, 0.3) is 11.8 Å². The lowest BCUT2D eigenvalue weighted by molar-refractivity contribution is -0.161. The maximum Gasteiger partial charge on any atom is 0.350 e. The van der Waals surface area contributed by atoms with Gasteiger partial charge in [0.15, 0.2) is 26.4 Å².